The van der Waals surface area contributed by atoms with Gasteiger partial charge in [-0.2, -0.15) is 0 Å². The van der Waals surface area contributed by atoms with Gasteiger partial charge >= 0.3 is 0 Å². The number of benzene rings is 1. The average molecular weight is 335 g/mol. The Bertz CT molecular complexity index is 548. The van der Waals surface area contributed by atoms with Gasteiger partial charge in [-0.1, -0.05) is 6.42 Å². The number of halogens is 1. The molecule has 0 radical (unpaired) electrons. The third kappa shape index (κ3) is 5.92. The van der Waals surface area contributed by atoms with Crippen LogP contribution >= 0.6 is 0 Å². The molecule has 2 N–H and O–H groups in total. The summed E-state index contributed by atoms with van der Waals surface area (Å²) in [6, 6.07) is 5.87. The second-order valence-electron chi connectivity index (χ2n) is 6.28. The molecule has 0 unspecified atom stereocenters. The van der Waals surface area contributed by atoms with Crippen LogP contribution in [0, 0.1) is 5.82 Å². The molecule has 0 aliphatic carbocycles. The molecule has 132 valence electrons. The maximum atomic E-state index is 12.8. The summed E-state index contributed by atoms with van der Waals surface area (Å²) in [5, 5.41) is 5.52. The van der Waals surface area contributed by atoms with Crippen LogP contribution in [0.1, 0.15) is 42.5 Å². The Hall–Kier alpha value is -1.95. The van der Waals surface area contributed by atoms with Crippen LogP contribution in [0.4, 0.5) is 4.39 Å². The zero-order chi connectivity index (χ0) is 17.4. The predicted molar refractivity (Wildman–Crippen MR) is 91.2 cm³/mol. The maximum Gasteiger partial charge on any atom is 0.251 e. The Morgan fingerprint density at radius 3 is 2.58 bits per heavy atom. The molecule has 5 nitrogen and oxygen atoms in total. The van der Waals surface area contributed by atoms with E-state index in [0.717, 1.165) is 19.4 Å². The molecule has 0 saturated carbocycles. The molecule has 2 amide bonds. The van der Waals surface area contributed by atoms with Crippen LogP contribution in [0.25, 0.3) is 0 Å². The quantitative estimate of drug-likeness (QED) is 0.749. The van der Waals surface area contributed by atoms with Crippen molar-refractivity contribution in [2.45, 2.75) is 38.1 Å². The van der Waals surface area contributed by atoms with E-state index in [2.05, 4.69) is 22.6 Å². The summed E-state index contributed by atoms with van der Waals surface area (Å²) in [4.78, 5) is 26.0. The fourth-order valence-electron chi connectivity index (χ4n) is 2.98. The first-order valence-corrected chi connectivity index (χ1v) is 8.57. The number of piperidine rings is 1. The van der Waals surface area contributed by atoms with Gasteiger partial charge in [-0.3, -0.25) is 9.59 Å². The van der Waals surface area contributed by atoms with E-state index >= 15 is 0 Å². The highest BCUT2D eigenvalue weighted by molar-refractivity contribution is 5.94. The molecule has 0 aromatic heterocycles. The van der Waals surface area contributed by atoms with Gasteiger partial charge in [0, 0.05) is 31.1 Å². The number of hydrogen-bond donors (Lipinski definition) is 2. The van der Waals surface area contributed by atoms with Crippen molar-refractivity contribution in [3.05, 3.63) is 35.6 Å². The molecular weight excluding hydrogens is 309 g/mol. The van der Waals surface area contributed by atoms with Gasteiger partial charge in [0.2, 0.25) is 5.91 Å². The van der Waals surface area contributed by atoms with Crippen LogP contribution in [0.15, 0.2) is 24.3 Å². The first-order chi connectivity index (χ1) is 11.6. The molecule has 6 heteroatoms. The van der Waals surface area contributed by atoms with Gasteiger partial charge in [0.05, 0.1) is 0 Å². The molecule has 1 aliphatic rings. The van der Waals surface area contributed by atoms with Gasteiger partial charge in [-0.05, 0) is 57.1 Å². The van der Waals surface area contributed by atoms with Crippen LogP contribution in [0.2, 0.25) is 0 Å². The lowest BCUT2D eigenvalue weighted by molar-refractivity contribution is -0.121. The molecule has 1 heterocycles. The van der Waals surface area contributed by atoms with E-state index in [9.17, 15) is 14.0 Å². The summed E-state index contributed by atoms with van der Waals surface area (Å²) in [5.74, 6) is -0.625. The second kappa shape index (κ2) is 9.37. The second-order valence-corrected chi connectivity index (χ2v) is 6.28. The SMILES string of the molecule is CN1CCCC[C@@H]1CCC(=O)NCCNC(=O)c1ccc(F)cc1. The van der Waals surface area contributed by atoms with Gasteiger partial charge in [-0.25, -0.2) is 4.39 Å². The standard InChI is InChI=1S/C18H26FN3O2/c1-22-13-3-2-4-16(22)9-10-17(23)20-11-12-21-18(24)14-5-7-15(19)8-6-14/h5-8,16H,2-4,9-13H2,1H3,(H,20,23)(H,21,24)/t16-/m1/s1. The topological polar surface area (TPSA) is 61.4 Å². The van der Waals surface area contributed by atoms with Crippen LogP contribution in [-0.4, -0.2) is 49.4 Å². The van der Waals surface area contributed by atoms with E-state index in [0.29, 0.717) is 31.1 Å². The van der Waals surface area contributed by atoms with Crippen LogP contribution in [0.3, 0.4) is 0 Å². The van der Waals surface area contributed by atoms with E-state index in [1.165, 1.54) is 37.1 Å². The molecular formula is C18H26FN3O2. The number of likely N-dealkylation sites (tertiary alicyclic amines) is 1. The van der Waals surface area contributed by atoms with E-state index in [1.54, 1.807) is 0 Å². The van der Waals surface area contributed by atoms with E-state index < -0.39 is 0 Å². The predicted octanol–water partition coefficient (Wildman–Crippen LogP) is 1.94. The molecule has 1 fully saturated rings. The van der Waals surface area contributed by atoms with E-state index in [-0.39, 0.29) is 17.6 Å². The number of carbonyl (C=O) groups is 2. The molecule has 1 aromatic rings. The number of nitrogens with zero attached hydrogens (tertiary/aromatic N) is 1. The highest BCUT2D eigenvalue weighted by Crippen LogP contribution is 2.18. The van der Waals surface area contributed by atoms with Crippen molar-refractivity contribution in [3.63, 3.8) is 0 Å². The normalized spacial score (nSPS) is 18.2. The average Bonchev–Trinajstić information content (AvgIpc) is 2.58. The Kier molecular flexibility index (Phi) is 7.18. The number of amides is 2. The largest absolute Gasteiger partial charge is 0.354 e. The van der Waals surface area contributed by atoms with Gasteiger partial charge in [0.25, 0.3) is 5.91 Å². The van der Waals surface area contributed by atoms with E-state index in [1.807, 2.05) is 0 Å². The van der Waals surface area contributed by atoms with Crippen molar-refractivity contribution in [1.82, 2.24) is 15.5 Å². The summed E-state index contributed by atoms with van der Waals surface area (Å²) in [7, 11) is 2.12. The Morgan fingerprint density at radius 2 is 1.88 bits per heavy atom. The summed E-state index contributed by atoms with van der Waals surface area (Å²) in [5.41, 5.74) is 0.406. The van der Waals surface area contributed by atoms with Gasteiger partial charge in [0.1, 0.15) is 5.82 Å². The lowest BCUT2D eigenvalue weighted by Crippen LogP contribution is -2.38. The van der Waals surface area contributed by atoms with Gasteiger partial charge in [0.15, 0.2) is 0 Å². The number of carbonyl (C=O) groups excluding carboxylic acids is 2. The molecule has 1 saturated heterocycles. The zero-order valence-corrected chi connectivity index (χ0v) is 14.2. The Labute approximate surface area is 142 Å². The van der Waals surface area contributed by atoms with Crippen LogP contribution in [-0.2, 0) is 4.79 Å². The maximum absolute atomic E-state index is 12.8. The summed E-state index contributed by atoms with van der Waals surface area (Å²) in [6.07, 6.45) is 5.04. The van der Waals surface area contributed by atoms with Crippen molar-refractivity contribution in [1.29, 1.82) is 0 Å². The van der Waals surface area contributed by atoms with Gasteiger partial charge < -0.3 is 15.5 Å². The van der Waals surface area contributed by atoms with Crippen molar-refractivity contribution < 1.29 is 14.0 Å². The minimum atomic E-state index is -0.373. The van der Waals surface area contributed by atoms with Crippen molar-refractivity contribution >= 4 is 11.8 Å². The summed E-state index contributed by atoms with van der Waals surface area (Å²) >= 11 is 0. The number of nitrogens with one attached hydrogen (secondary N) is 2. The molecule has 1 atom stereocenters. The van der Waals surface area contributed by atoms with Crippen molar-refractivity contribution in [2.24, 2.45) is 0 Å². The smallest absolute Gasteiger partial charge is 0.251 e. The van der Waals surface area contributed by atoms with E-state index in [4.69, 9.17) is 0 Å². The Balaban J connectivity index is 1.58. The molecule has 0 bridgehead atoms. The summed E-state index contributed by atoms with van der Waals surface area (Å²) < 4.78 is 12.8. The number of rotatable bonds is 7. The highest BCUT2D eigenvalue weighted by atomic mass is 19.1. The minimum absolute atomic E-state index is 0.0185. The van der Waals surface area contributed by atoms with Crippen molar-refractivity contribution in [2.75, 3.05) is 26.7 Å². The monoisotopic (exact) mass is 335 g/mol. The fourth-order valence-corrected chi connectivity index (χ4v) is 2.98. The van der Waals surface area contributed by atoms with Gasteiger partial charge in [-0.15, -0.1) is 0 Å². The Morgan fingerprint density at radius 1 is 1.17 bits per heavy atom. The molecule has 24 heavy (non-hydrogen) atoms. The fraction of sp³-hybridized carbons (Fsp3) is 0.556. The van der Waals surface area contributed by atoms with Crippen molar-refractivity contribution in [3.8, 4) is 0 Å². The number of hydrogen-bond acceptors (Lipinski definition) is 3. The lowest BCUT2D eigenvalue weighted by Gasteiger charge is -2.32. The third-order valence-electron chi connectivity index (χ3n) is 4.47. The lowest BCUT2D eigenvalue weighted by atomic mass is 9.98. The summed E-state index contributed by atoms with van der Waals surface area (Å²) in [6.45, 7) is 1.86. The third-order valence-corrected chi connectivity index (χ3v) is 4.47. The first kappa shape index (κ1) is 18.4. The minimum Gasteiger partial charge on any atom is -0.354 e. The molecule has 1 aliphatic heterocycles. The first-order valence-electron chi connectivity index (χ1n) is 8.57. The molecule has 1 aromatic carbocycles. The molecule has 0 spiro atoms. The van der Waals surface area contributed by atoms with Crippen LogP contribution < -0.4 is 10.6 Å². The highest BCUT2D eigenvalue weighted by Gasteiger charge is 2.19. The molecule has 2 rings (SSSR count). The van der Waals surface area contributed by atoms with Crippen LogP contribution in [0.5, 0.6) is 0 Å². The zero-order valence-electron chi connectivity index (χ0n) is 14.2.